The Morgan fingerprint density at radius 1 is 0.623 bits per heavy atom. The molecule has 2 atom stereocenters. The molecule has 0 saturated carbocycles. The van der Waals surface area contributed by atoms with Crippen molar-refractivity contribution in [2.75, 3.05) is 0 Å². The molecule has 1 aliphatic carbocycles. The molecule has 6 nitrogen and oxygen atoms in total. The standard InChI is InChI=1S/C44H40B2ClNO5/c1-40(2)41(3,4)51-45(50-40)46-52-42(5,6)43(7,53-46)25-28-23-35-38(36(47)24-28)31-13-8-9-15-32(31)44(35)33-16-10-11-18-37(33)49-39-30(14-12-17-34(39)44)29-21-19-27(26-48)20-22-29/h8-24H,25H2,1-7H3. The van der Waals surface area contributed by atoms with Gasteiger partial charge in [-0.3, -0.25) is 0 Å². The zero-order valence-electron chi connectivity index (χ0n) is 31.0. The van der Waals surface area contributed by atoms with Crippen molar-refractivity contribution in [2.24, 2.45) is 0 Å². The van der Waals surface area contributed by atoms with Gasteiger partial charge < -0.3 is 23.4 Å². The highest BCUT2D eigenvalue weighted by atomic mass is 35.5. The van der Waals surface area contributed by atoms with Crippen LogP contribution in [0.1, 0.15) is 81.8 Å². The van der Waals surface area contributed by atoms with Gasteiger partial charge in [-0.1, -0.05) is 90.5 Å². The first kappa shape index (κ1) is 34.4. The Kier molecular flexibility index (Phi) is 7.52. The van der Waals surface area contributed by atoms with Crippen molar-refractivity contribution in [3.8, 4) is 39.8 Å². The number of para-hydroxylation sites is 2. The first-order chi connectivity index (χ1) is 25.2. The van der Waals surface area contributed by atoms with E-state index in [1.54, 1.807) is 0 Å². The van der Waals surface area contributed by atoms with Gasteiger partial charge in [0.25, 0.3) is 0 Å². The van der Waals surface area contributed by atoms with Crippen LogP contribution in [0.25, 0.3) is 22.3 Å². The van der Waals surface area contributed by atoms with Crippen molar-refractivity contribution < 1.29 is 23.4 Å². The third-order valence-corrected chi connectivity index (χ3v) is 12.8. The van der Waals surface area contributed by atoms with Gasteiger partial charge in [-0.15, -0.1) is 0 Å². The maximum atomic E-state index is 9.49. The summed E-state index contributed by atoms with van der Waals surface area (Å²) in [5.41, 5.74) is 6.82. The molecule has 3 heterocycles. The van der Waals surface area contributed by atoms with Crippen LogP contribution in [0.5, 0.6) is 11.5 Å². The molecule has 0 amide bonds. The fourth-order valence-electron chi connectivity index (χ4n) is 8.69. The molecule has 264 valence electrons. The number of rotatable bonds is 4. The van der Waals surface area contributed by atoms with E-state index in [0.717, 1.165) is 61.6 Å². The molecule has 0 N–H and O–H groups in total. The van der Waals surface area contributed by atoms with Gasteiger partial charge in [0, 0.05) is 33.7 Å². The Morgan fingerprint density at radius 3 is 1.94 bits per heavy atom. The van der Waals surface area contributed by atoms with Gasteiger partial charge in [0.1, 0.15) is 11.5 Å². The summed E-state index contributed by atoms with van der Waals surface area (Å²) in [5.74, 6) is 1.57. The lowest BCUT2D eigenvalue weighted by atomic mass is 9.49. The van der Waals surface area contributed by atoms with E-state index >= 15 is 0 Å². The molecule has 9 heteroatoms. The van der Waals surface area contributed by atoms with Gasteiger partial charge >= 0.3 is 14.0 Å². The Balaban J connectivity index is 1.21. The number of halogens is 1. The highest BCUT2D eigenvalue weighted by Gasteiger charge is 2.65. The van der Waals surface area contributed by atoms with Gasteiger partial charge in [0.2, 0.25) is 0 Å². The van der Waals surface area contributed by atoms with E-state index in [1.807, 2.05) is 64.1 Å². The minimum Gasteiger partial charge on any atom is -0.456 e. The number of nitriles is 1. The van der Waals surface area contributed by atoms with Crippen LogP contribution < -0.4 is 4.74 Å². The lowest BCUT2D eigenvalue weighted by Gasteiger charge is -2.40. The van der Waals surface area contributed by atoms with Gasteiger partial charge in [0.15, 0.2) is 0 Å². The van der Waals surface area contributed by atoms with E-state index in [-0.39, 0.29) is 0 Å². The summed E-state index contributed by atoms with van der Waals surface area (Å²) in [6.45, 7) is 14.4. The molecule has 2 saturated heterocycles. The van der Waals surface area contributed by atoms with Crippen LogP contribution in [0.4, 0.5) is 0 Å². The molecular weight excluding hydrogens is 680 g/mol. The van der Waals surface area contributed by atoms with Crippen LogP contribution in [0, 0.1) is 11.3 Å². The monoisotopic (exact) mass is 719 g/mol. The lowest BCUT2D eigenvalue weighted by Crippen LogP contribution is -2.46. The van der Waals surface area contributed by atoms with Crippen LogP contribution in [0.15, 0.2) is 103 Å². The van der Waals surface area contributed by atoms with E-state index in [4.69, 9.17) is 35.0 Å². The Morgan fingerprint density at radius 2 is 1.23 bits per heavy atom. The summed E-state index contributed by atoms with van der Waals surface area (Å²) >= 11 is 7.44. The highest BCUT2D eigenvalue weighted by molar-refractivity contribution is 7.11. The number of hydrogen-bond donors (Lipinski definition) is 0. The quantitative estimate of drug-likeness (QED) is 0.169. The first-order valence-electron chi connectivity index (χ1n) is 18.2. The molecular formula is C44H40B2ClNO5. The smallest absolute Gasteiger partial charge is 0.456 e. The highest BCUT2D eigenvalue weighted by Crippen LogP contribution is 2.64. The van der Waals surface area contributed by atoms with Gasteiger partial charge in [-0.2, -0.15) is 5.26 Å². The molecule has 0 bridgehead atoms. The molecule has 2 fully saturated rings. The van der Waals surface area contributed by atoms with Crippen LogP contribution in [-0.4, -0.2) is 36.4 Å². The maximum Gasteiger partial charge on any atom is 0.489 e. The van der Waals surface area contributed by atoms with Crippen LogP contribution in [-0.2, 0) is 30.5 Å². The molecule has 0 radical (unpaired) electrons. The van der Waals surface area contributed by atoms with Crippen molar-refractivity contribution in [1.29, 1.82) is 5.26 Å². The number of nitrogens with zero attached hydrogens (tertiary/aromatic N) is 1. The second kappa shape index (κ2) is 11.6. The minimum atomic E-state index is -0.744. The SMILES string of the molecule is CC1(C)OB(B2OC(C)(C)C(C)(Cc3cc(Cl)c4c(c3)C3(c5ccccc5Oc5c(-c6ccc(C#N)cc6)cccc53)c3ccccc3-4)O2)OC1(C)C. The maximum absolute atomic E-state index is 9.49. The van der Waals surface area contributed by atoms with Crippen molar-refractivity contribution in [2.45, 2.75) is 82.7 Å². The second-order valence-corrected chi connectivity index (χ2v) is 16.8. The number of hydrogen-bond acceptors (Lipinski definition) is 6. The number of ether oxygens (including phenoxy) is 1. The molecule has 53 heavy (non-hydrogen) atoms. The van der Waals surface area contributed by atoms with Crippen LogP contribution in [0.3, 0.4) is 0 Å². The van der Waals surface area contributed by atoms with Crippen molar-refractivity contribution in [1.82, 2.24) is 0 Å². The molecule has 5 aromatic rings. The summed E-state index contributed by atoms with van der Waals surface area (Å²) in [6, 6.07) is 37.6. The van der Waals surface area contributed by atoms with E-state index < -0.39 is 41.8 Å². The second-order valence-electron chi connectivity index (χ2n) is 16.4. The molecule has 0 aromatic heterocycles. The predicted octanol–water partition coefficient (Wildman–Crippen LogP) is 10.1. The summed E-state index contributed by atoms with van der Waals surface area (Å²) < 4.78 is 33.1. The van der Waals surface area contributed by atoms with Gasteiger partial charge in [0.05, 0.1) is 39.5 Å². The first-order valence-corrected chi connectivity index (χ1v) is 18.6. The number of benzene rings is 5. The molecule has 5 aromatic carbocycles. The third kappa shape index (κ3) is 4.88. The third-order valence-electron chi connectivity index (χ3n) is 12.5. The summed E-state index contributed by atoms with van der Waals surface area (Å²) in [7, 11) is -1.37. The van der Waals surface area contributed by atoms with E-state index in [0.29, 0.717) is 17.0 Å². The van der Waals surface area contributed by atoms with Gasteiger partial charge in [-0.05, 0) is 101 Å². The molecule has 2 unspecified atom stereocenters. The predicted molar refractivity (Wildman–Crippen MR) is 209 cm³/mol. The fraction of sp³-hybridized carbons (Fsp3) is 0.295. The van der Waals surface area contributed by atoms with E-state index in [2.05, 4.69) is 93.6 Å². The summed E-state index contributed by atoms with van der Waals surface area (Å²) in [5, 5.41) is 10.2. The Bertz CT molecular complexity index is 2350. The van der Waals surface area contributed by atoms with Crippen molar-refractivity contribution in [3.63, 3.8) is 0 Å². The Labute approximate surface area is 317 Å². The van der Waals surface area contributed by atoms with Crippen LogP contribution >= 0.6 is 11.6 Å². The zero-order chi connectivity index (χ0) is 37.1. The van der Waals surface area contributed by atoms with Gasteiger partial charge in [-0.25, -0.2) is 0 Å². The molecule has 3 aliphatic heterocycles. The Hall–Kier alpha value is -4.35. The van der Waals surface area contributed by atoms with Crippen LogP contribution in [0.2, 0.25) is 5.02 Å². The molecule has 4 aliphatic rings. The summed E-state index contributed by atoms with van der Waals surface area (Å²) in [6.07, 6.45) is 0.533. The lowest BCUT2D eigenvalue weighted by molar-refractivity contribution is -0.00878. The topological polar surface area (TPSA) is 69.9 Å². The zero-order valence-corrected chi connectivity index (χ0v) is 31.8. The largest absolute Gasteiger partial charge is 0.489 e. The normalized spacial score (nSPS) is 23.9. The minimum absolute atomic E-state index is 0.513. The average molecular weight is 720 g/mol. The molecule has 9 rings (SSSR count). The van der Waals surface area contributed by atoms with E-state index in [9.17, 15) is 5.26 Å². The fourth-order valence-corrected chi connectivity index (χ4v) is 9.04. The molecule has 1 spiro atoms. The average Bonchev–Trinajstić information content (AvgIpc) is 3.64. The van der Waals surface area contributed by atoms with E-state index in [1.165, 1.54) is 0 Å². The van der Waals surface area contributed by atoms with Crippen molar-refractivity contribution >= 4 is 25.6 Å². The van der Waals surface area contributed by atoms with Crippen molar-refractivity contribution in [3.05, 3.63) is 142 Å². The summed E-state index contributed by atoms with van der Waals surface area (Å²) in [4.78, 5) is 0. The number of fused-ring (bicyclic) bond motifs is 9.